The Morgan fingerprint density at radius 3 is 2.77 bits per heavy atom. The highest BCUT2D eigenvalue weighted by atomic mass is 16.5. The summed E-state index contributed by atoms with van der Waals surface area (Å²) < 4.78 is 5.24. The molecule has 1 aliphatic rings. The van der Waals surface area contributed by atoms with Gasteiger partial charge in [0.15, 0.2) is 0 Å². The molecule has 13 heavy (non-hydrogen) atoms. The molecule has 3 nitrogen and oxygen atoms in total. The van der Waals surface area contributed by atoms with E-state index in [0.717, 1.165) is 19.6 Å². The van der Waals surface area contributed by atoms with Crippen molar-refractivity contribution < 1.29 is 9.84 Å². The Hall–Kier alpha value is -0.120. The smallest absolute Gasteiger partial charge is 0.0766 e. The second-order valence-corrected chi connectivity index (χ2v) is 4.45. The number of ether oxygens (including phenoxy) is 1. The molecule has 0 bridgehead atoms. The van der Waals surface area contributed by atoms with Crippen molar-refractivity contribution in [3.8, 4) is 0 Å². The Morgan fingerprint density at radius 1 is 1.62 bits per heavy atom. The van der Waals surface area contributed by atoms with Crippen molar-refractivity contribution in [3.63, 3.8) is 0 Å². The molecule has 1 rings (SSSR count). The van der Waals surface area contributed by atoms with E-state index in [1.165, 1.54) is 0 Å². The first kappa shape index (κ1) is 11.0. The van der Waals surface area contributed by atoms with Crippen LogP contribution in [0.3, 0.4) is 0 Å². The molecule has 2 N–H and O–H groups in total. The molecule has 3 heteroatoms. The molecule has 1 saturated heterocycles. The standard InChI is InChI=1S/C10H21NO2/c1-8(2)10(3,12)7-11-9-4-5-13-6-9/h8-9,11-12H,4-7H2,1-3H3. The minimum Gasteiger partial charge on any atom is -0.389 e. The van der Waals surface area contributed by atoms with Gasteiger partial charge in [-0.3, -0.25) is 0 Å². The van der Waals surface area contributed by atoms with Gasteiger partial charge in [0.25, 0.3) is 0 Å². The number of hydrogen-bond acceptors (Lipinski definition) is 3. The largest absolute Gasteiger partial charge is 0.389 e. The van der Waals surface area contributed by atoms with Gasteiger partial charge in [-0.05, 0) is 19.3 Å². The average molecular weight is 187 g/mol. The van der Waals surface area contributed by atoms with Crippen LogP contribution in [-0.2, 0) is 4.74 Å². The van der Waals surface area contributed by atoms with E-state index in [-0.39, 0.29) is 5.92 Å². The summed E-state index contributed by atoms with van der Waals surface area (Å²) in [6, 6.07) is 0.435. The van der Waals surface area contributed by atoms with Crippen molar-refractivity contribution in [2.75, 3.05) is 19.8 Å². The van der Waals surface area contributed by atoms with E-state index in [2.05, 4.69) is 5.32 Å². The average Bonchev–Trinajstić information content (AvgIpc) is 2.52. The quantitative estimate of drug-likeness (QED) is 0.683. The first-order chi connectivity index (χ1) is 6.02. The second kappa shape index (κ2) is 4.40. The predicted molar refractivity (Wildman–Crippen MR) is 52.7 cm³/mol. The fourth-order valence-corrected chi connectivity index (χ4v) is 1.25. The summed E-state index contributed by atoms with van der Waals surface area (Å²) in [7, 11) is 0. The molecule has 0 aliphatic carbocycles. The summed E-state index contributed by atoms with van der Waals surface area (Å²) >= 11 is 0. The Morgan fingerprint density at radius 2 is 2.31 bits per heavy atom. The molecule has 0 amide bonds. The van der Waals surface area contributed by atoms with Gasteiger partial charge in [-0.15, -0.1) is 0 Å². The molecule has 2 unspecified atom stereocenters. The number of hydrogen-bond donors (Lipinski definition) is 2. The number of nitrogens with one attached hydrogen (secondary N) is 1. The van der Waals surface area contributed by atoms with Gasteiger partial charge in [0.05, 0.1) is 12.2 Å². The van der Waals surface area contributed by atoms with Crippen molar-refractivity contribution in [2.45, 2.75) is 38.8 Å². The van der Waals surface area contributed by atoms with Gasteiger partial charge in [-0.2, -0.15) is 0 Å². The first-order valence-electron chi connectivity index (χ1n) is 5.06. The highest BCUT2D eigenvalue weighted by molar-refractivity contribution is 4.82. The third kappa shape index (κ3) is 3.25. The van der Waals surface area contributed by atoms with Crippen molar-refractivity contribution in [1.29, 1.82) is 0 Å². The van der Waals surface area contributed by atoms with E-state index in [0.29, 0.717) is 12.6 Å². The summed E-state index contributed by atoms with van der Waals surface area (Å²) in [5.41, 5.74) is -0.609. The van der Waals surface area contributed by atoms with Gasteiger partial charge in [0, 0.05) is 19.2 Å². The zero-order valence-corrected chi connectivity index (χ0v) is 8.84. The summed E-state index contributed by atoms with van der Waals surface area (Å²) in [5, 5.41) is 13.3. The van der Waals surface area contributed by atoms with Crippen molar-refractivity contribution in [2.24, 2.45) is 5.92 Å². The molecule has 0 spiro atoms. The Balaban J connectivity index is 2.24. The zero-order valence-electron chi connectivity index (χ0n) is 8.84. The SMILES string of the molecule is CC(C)C(C)(O)CNC1CCOC1. The summed E-state index contributed by atoms with van der Waals surface area (Å²) in [5.74, 6) is 0.280. The van der Waals surface area contributed by atoms with Crippen LogP contribution in [0.2, 0.25) is 0 Å². The van der Waals surface area contributed by atoms with Crippen LogP contribution in [0.25, 0.3) is 0 Å². The van der Waals surface area contributed by atoms with Crippen LogP contribution in [0.4, 0.5) is 0 Å². The van der Waals surface area contributed by atoms with E-state index in [1.54, 1.807) is 0 Å². The summed E-state index contributed by atoms with van der Waals surface area (Å²) in [6.45, 7) is 8.23. The van der Waals surface area contributed by atoms with E-state index < -0.39 is 5.60 Å². The summed E-state index contributed by atoms with van der Waals surface area (Å²) in [6.07, 6.45) is 1.06. The maximum Gasteiger partial charge on any atom is 0.0766 e. The lowest BCUT2D eigenvalue weighted by Crippen LogP contribution is -2.45. The highest BCUT2D eigenvalue weighted by Gasteiger charge is 2.26. The lowest BCUT2D eigenvalue weighted by molar-refractivity contribution is 0.0115. The second-order valence-electron chi connectivity index (χ2n) is 4.45. The van der Waals surface area contributed by atoms with Gasteiger partial charge >= 0.3 is 0 Å². The molecule has 0 aromatic heterocycles. The van der Waals surface area contributed by atoms with Gasteiger partial charge < -0.3 is 15.2 Å². The number of aliphatic hydroxyl groups is 1. The minimum atomic E-state index is -0.609. The van der Waals surface area contributed by atoms with Gasteiger partial charge in [-0.25, -0.2) is 0 Å². The van der Waals surface area contributed by atoms with E-state index >= 15 is 0 Å². The molecular weight excluding hydrogens is 166 g/mol. The van der Waals surface area contributed by atoms with E-state index in [9.17, 15) is 5.11 Å². The van der Waals surface area contributed by atoms with Crippen molar-refractivity contribution >= 4 is 0 Å². The Bertz CT molecular complexity index is 151. The van der Waals surface area contributed by atoms with E-state index in [1.807, 2.05) is 20.8 Å². The monoisotopic (exact) mass is 187 g/mol. The fourth-order valence-electron chi connectivity index (χ4n) is 1.25. The molecular formula is C10H21NO2. The molecule has 1 heterocycles. The number of rotatable bonds is 4. The van der Waals surface area contributed by atoms with Crippen molar-refractivity contribution in [3.05, 3.63) is 0 Å². The molecule has 1 aliphatic heterocycles. The molecule has 1 fully saturated rings. The lowest BCUT2D eigenvalue weighted by atomic mass is 9.92. The van der Waals surface area contributed by atoms with Crippen LogP contribution in [0, 0.1) is 5.92 Å². The van der Waals surface area contributed by atoms with E-state index in [4.69, 9.17) is 4.74 Å². The van der Waals surface area contributed by atoms with Crippen LogP contribution < -0.4 is 5.32 Å². The molecule has 0 aromatic rings. The maximum atomic E-state index is 9.95. The first-order valence-corrected chi connectivity index (χ1v) is 5.06. The predicted octanol–water partition coefficient (Wildman–Crippen LogP) is 0.772. The van der Waals surface area contributed by atoms with Crippen LogP contribution in [0.15, 0.2) is 0 Å². The summed E-state index contributed by atoms with van der Waals surface area (Å²) in [4.78, 5) is 0. The van der Waals surface area contributed by atoms with Gasteiger partial charge in [-0.1, -0.05) is 13.8 Å². The highest BCUT2D eigenvalue weighted by Crippen LogP contribution is 2.15. The molecule has 0 radical (unpaired) electrons. The Kier molecular flexibility index (Phi) is 3.71. The van der Waals surface area contributed by atoms with Gasteiger partial charge in [0.2, 0.25) is 0 Å². The van der Waals surface area contributed by atoms with Crippen molar-refractivity contribution in [1.82, 2.24) is 5.32 Å². The maximum absolute atomic E-state index is 9.95. The molecule has 0 aromatic carbocycles. The van der Waals surface area contributed by atoms with Crippen LogP contribution in [0.5, 0.6) is 0 Å². The van der Waals surface area contributed by atoms with Crippen LogP contribution in [-0.4, -0.2) is 36.5 Å². The zero-order chi connectivity index (χ0) is 9.90. The Labute approximate surface area is 80.5 Å². The fraction of sp³-hybridized carbons (Fsp3) is 1.00. The molecule has 78 valence electrons. The van der Waals surface area contributed by atoms with Crippen LogP contribution in [0.1, 0.15) is 27.2 Å². The molecule has 0 saturated carbocycles. The third-order valence-corrected chi connectivity index (χ3v) is 2.92. The van der Waals surface area contributed by atoms with Crippen LogP contribution >= 0.6 is 0 Å². The topological polar surface area (TPSA) is 41.5 Å². The van der Waals surface area contributed by atoms with Gasteiger partial charge in [0.1, 0.15) is 0 Å². The minimum absolute atomic E-state index is 0.280. The normalized spacial score (nSPS) is 27.9. The molecule has 2 atom stereocenters. The lowest BCUT2D eigenvalue weighted by Gasteiger charge is -2.29. The third-order valence-electron chi connectivity index (χ3n) is 2.92.